The number of halogens is 1. The molecule has 12 heteroatoms. The average molecular weight is 591 g/mol. The Bertz CT molecular complexity index is 1630. The Balaban J connectivity index is 1.32. The predicted molar refractivity (Wildman–Crippen MR) is 157 cm³/mol. The van der Waals surface area contributed by atoms with E-state index in [-0.39, 0.29) is 23.1 Å². The molecule has 0 saturated carbocycles. The van der Waals surface area contributed by atoms with Gasteiger partial charge >= 0.3 is 0 Å². The largest absolute Gasteiger partial charge is 0.497 e. The predicted octanol–water partition coefficient (Wildman–Crippen LogP) is 4.20. The van der Waals surface area contributed by atoms with Crippen LogP contribution in [0.5, 0.6) is 11.5 Å². The highest BCUT2D eigenvalue weighted by Gasteiger charge is 2.27. The zero-order chi connectivity index (χ0) is 30.0. The minimum Gasteiger partial charge on any atom is -0.497 e. The van der Waals surface area contributed by atoms with Crippen molar-refractivity contribution in [3.63, 3.8) is 0 Å². The van der Waals surface area contributed by atoms with Crippen molar-refractivity contribution >= 4 is 39.4 Å². The molecule has 0 heterocycles. The second-order valence-electron chi connectivity index (χ2n) is 8.73. The van der Waals surface area contributed by atoms with Crippen LogP contribution in [0.1, 0.15) is 5.56 Å². The van der Waals surface area contributed by atoms with Gasteiger partial charge in [0.1, 0.15) is 23.9 Å². The molecule has 0 spiro atoms. The molecule has 0 saturated heterocycles. The maximum absolute atomic E-state index is 13.5. The number of hydrogen-bond donors (Lipinski definition) is 2. The SMILES string of the molecule is COc1ccc(NC(=O)COc2ccc(/C=N\NC(=O)CN(c3ccc(F)cc3)S(=O)(=O)c3ccccc3)cc2)cc1. The van der Waals surface area contributed by atoms with E-state index >= 15 is 0 Å². The van der Waals surface area contributed by atoms with Gasteiger partial charge in [-0.2, -0.15) is 5.10 Å². The lowest BCUT2D eigenvalue weighted by molar-refractivity contribution is -0.119. The van der Waals surface area contributed by atoms with Crippen LogP contribution in [0.3, 0.4) is 0 Å². The first-order valence-electron chi connectivity index (χ1n) is 12.6. The summed E-state index contributed by atoms with van der Waals surface area (Å²) in [5, 5.41) is 6.62. The number of nitrogens with one attached hydrogen (secondary N) is 2. The highest BCUT2D eigenvalue weighted by molar-refractivity contribution is 7.92. The van der Waals surface area contributed by atoms with Crippen LogP contribution in [-0.2, 0) is 19.6 Å². The molecule has 0 unspecified atom stereocenters. The fourth-order valence-electron chi connectivity index (χ4n) is 3.66. The number of methoxy groups -OCH3 is 1. The summed E-state index contributed by atoms with van der Waals surface area (Å²) in [7, 11) is -2.57. The standard InChI is InChI=1S/C30H27FN4O6S/c1-40-26-17-11-24(12-18-26)33-30(37)21-41-27-15-7-22(8-16-27)19-32-34-29(36)20-35(25-13-9-23(31)10-14-25)42(38,39)28-5-3-2-4-6-28/h2-19H,20-21H2,1H3,(H,33,37)(H,34,36)/b32-19-. The van der Waals surface area contributed by atoms with Gasteiger partial charge in [-0.15, -0.1) is 0 Å². The van der Waals surface area contributed by atoms with Crippen LogP contribution >= 0.6 is 0 Å². The number of benzene rings is 4. The third kappa shape index (κ3) is 8.15. The normalized spacial score (nSPS) is 11.1. The zero-order valence-electron chi connectivity index (χ0n) is 22.4. The van der Waals surface area contributed by atoms with Crippen LogP contribution in [0, 0.1) is 5.82 Å². The molecule has 0 aliphatic rings. The van der Waals surface area contributed by atoms with Gasteiger partial charge in [0, 0.05) is 5.69 Å². The van der Waals surface area contributed by atoms with Gasteiger partial charge in [0.05, 0.1) is 23.9 Å². The topological polar surface area (TPSA) is 126 Å². The Morgan fingerprint density at radius 2 is 1.50 bits per heavy atom. The van der Waals surface area contributed by atoms with Crippen LogP contribution in [0.15, 0.2) is 113 Å². The minimum absolute atomic E-state index is 0.0221. The maximum atomic E-state index is 13.5. The Kier molecular flexibility index (Phi) is 9.85. The van der Waals surface area contributed by atoms with Gasteiger partial charge in [-0.25, -0.2) is 18.2 Å². The van der Waals surface area contributed by atoms with E-state index in [1.807, 2.05) is 0 Å². The van der Waals surface area contributed by atoms with Crippen LogP contribution in [0.2, 0.25) is 0 Å². The molecule has 2 N–H and O–H groups in total. The van der Waals surface area contributed by atoms with E-state index in [0.29, 0.717) is 22.7 Å². The molecule has 4 rings (SSSR count). The number of sulfonamides is 1. The first kappa shape index (κ1) is 29.7. The maximum Gasteiger partial charge on any atom is 0.264 e. The summed E-state index contributed by atoms with van der Waals surface area (Å²) in [6.07, 6.45) is 1.37. The van der Waals surface area contributed by atoms with Crippen molar-refractivity contribution in [3.8, 4) is 11.5 Å². The van der Waals surface area contributed by atoms with Gasteiger partial charge in [0.25, 0.3) is 21.8 Å². The van der Waals surface area contributed by atoms with Crippen LogP contribution in [-0.4, -0.2) is 46.7 Å². The number of nitrogens with zero attached hydrogens (tertiary/aromatic N) is 2. The van der Waals surface area contributed by atoms with Gasteiger partial charge in [-0.3, -0.25) is 13.9 Å². The second-order valence-corrected chi connectivity index (χ2v) is 10.6. The van der Waals surface area contributed by atoms with Crippen molar-refractivity contribution < 1.29 is 31.9 Å². The number of ether oxygens (including phenoxy) is 2. The molecule has 0 fully saturated rings. The number of amides is 2. The van der Waals surface area contributed by atoms with E-state index in [9.17, 15) is 22.4 Å². The number of carbonyl (C=O) groups excluding carboxylic acids is 2. The van der Waals surface area contributed by atoms with Gasteiger partial charge in [-0.1, -0.05) is 18.2 Å². The lowest BCUT2D eigenvalue weighted by atomic mass is 10.2. The first-order valence-corrected chi connectivity index (χ1v) is 14.0. The Morgan fingerprint density at radius 1 is 0.857 bits per heavy atom. The molecule has 0 radical (unpaired) electrons. The molecule has 10 nitrogen and oxygen atoms in total. The Hall–Kier alpha value is -5.23. The Labute approximate surface area is 242 Å². The summed E-state index contributed by atoms with van der Waals surface area (Å²) in [5.74, 6) is -0.467. The third-order valence-electron chi connectivity index (χ3n) is 5.76. The summed E-state index contributed by atoms with van der Waals surface area (Å²) < 4.78 is 51.5. The first-order chi connectivity index (χ1) is 20.2. The summed E-state index contributed by atoms with van der Waals surface area (Å²) in [6, 6.07) is 25.9. The molecule has 216 valence electrons. The number of anilines is 2. The van der Waals surface area contributed by atoms with Gasteiger partial charge in [0.2, 0.25) is 0 Å². The molecule has 0 aliphatic heterocycles. The van der Waals surface area contributed by atoms with Crippen LogP contribution in [0.4, 0.5) is 15.8 Å². The third-order valence-corrected chi connectivity index (χ3v) is 7.55. The molecule has 4 aromatic carbocycles. The summed E-state index contributed by atoms with van der Waals surface area (Å²) in [5.41, 5.74) is 3.64. The zero-order valence-corrected chi connectivity index (χ0v) is 23.3. The Morgan fingerprint density at radius 3 is 2.14 bits per heavy atom. The fourth-order valence-corrected chi connectivity index (χ4v) is 5.10. The molecule has 42 heavy (non-hydrogen) atoms. The monoisotopic (exact) mass is 590 g/mol. The summed E-state index contributed by atoms with van der Waals surface area (Å²) >= 11 is 0. The van der Waals surface area contributed by atoms with E-state index in [4.69, 9.17) is 9.47 Å². The minimum atomic E-state index is -4.13. The van der Waals surface area contributed by atoms with E-state index in [1.165, 1.54) is 30.5 Å². The van der Waals surface area contributed by atoms with Crippen molar-refractivity contribution in [1.82, 2.24) is 5.43 Å². The van der Waals surface area contributed by atoms with E-state index in [1.54, 1.807) is 73.8 Å². The number of carbonyl (C=O) groups is 2. The van der Waals surface area contributed by atoms with Crippen molar-refractivity contribution in [3.05, 3.63) is 115 Å². The fraction of sp³-hybridized carbons (Fsp3) is 0.100. The summed E-state index contributed by atoms with van der Waals surface area (Å²) in [6.45, 7) is -0.794. The molecule has 0 aromatic heterocycles. The molecule has 0 bridgehead atoms. The van der Waals surface area contributed by atoms with Crippen molar-refractivity contribution in [2.75, 3.05) is 29.9 Å². The molecule has 2 amide bonds. The lowest BCUT2D eigenvalue weighted by Gasteiger charge is -2.23. The smallest absolute Gasteiger partial charge is 0.264 e. The van der Waals surface area contributed by atoms with Crippen molar-refractivity contribution in [2.45, 2.75) is 4.90 Å². The molecular weight excluding hydrogens is 563 g/mol. The summed E-state index contributed by atoms with van der Waals surface area (Å²) in [4.78, 5) is 24.8. The van der Waals surface area contributed by atoms with E-state index < -0.39 is 28.3 Å². The van der Waals surface area contributed by atoms with Gasteiger partial charge in [-0.05, 0) is 90.5 Å². The number of rotatable bonds is 12. The van der Waals surface area contributed by atoms with Crippen LogP contribution in [0.25, 0.3) is 0 Å². The average Bonchev–Trinajstić information content (AvgIpc) is 3.01. The van der Waals surface area contributed by atoms with Crippen molar-refractivity contribution in [1.29, 1.82) is 0 Å². The second kappa shape index (κ2) is 13.9. The highest BCUT2D eigenvalue weighted by Crippen LogP contribution is 2.24. The van der Waals surface area contributed by atoms with Gasteiger partial charge < -0.3 is 14.8 Å². The molecule has 0 atom stereocenters. The van der Waals surface area contributed by atoms with E-state index in [2.05, 4.69) is 15.8 Å². The molecule has 4 aromatic rings. The quantitative estimate of drug-likeness (QED) is 0.188. The number of hydrazone groups is 1. The highest BCUT2D eigenvalue weighted by atomic mass is 32.2. The van der Waals surface area contributed by atoms with Crippen LogP contribution < -0.4 is 24.5 Å². The van der Waals surface area contributed by atoms with E-state index in [0.717, 1.165) is 16.4 Å². The molecule has 0 aliphatic carbocycles. The lowest BCUT2D eigenvalue weighted by Crippen LogP contribution is -2.39. The van der Waals surface area contributed by atoms with Crippen molar-refractivity contribution in [2.24, 2.45) is 5.10 Å². The van der Waals surface area contributed by atoms with Gasteiger partial charge in [0.15, 0.2) is 6.61 Å². The number of hydrogen-bond acceptors (Lipinski definition) is 7. The molecular formula is C30H27FN4O6S.